The molecule has 0 radical (unpaired) electrons. The van der Waals surface area contributed by atoms with E-state index in [9.17, 15) is 4.79 Å². The van der Waals surface area contributed by atoms with Crippen molar-refractivity contribution < 1.29 is 9.90 Å². The van der Waals surface area contributed by atoms with Gasteiger partial charge < -0.3 is 15.7 Å². The van der Waals surface area contributed by atoms with Gasteiger partial charge in [-0.1, -0.05) is 0 Å². The Labute approximate surface area is 53.2 Å². The van der Waals surface area contributed by atoms with Gasteiger partial charge in [-0.3, -0.25) is 0 Å². The van der Waals surface area contributed by atoms with Gasteiger partial charge in [-0.15, -0.1) is 0 Å². The van der Waals surface area contributed by atoms with Crippen LogP contribution in [0.1, 0.15) is 6.42 Å². The normalized spacial score (nSPS) is 26.8. The van der Waals surface area contributed by atoms with Crippen LogP contribution in [0.2, 0.25) is 0 Å². The van der Waals surface area contributed by atoms with Crippen molar-refractivity contribution in [3.63, 3.8) is 0 Å². The molecule has 0 aromatic carbocycles. The lowest BCUT2D eigenvalue weighted by Gasteiger charge is -2.10. The molecule has 9 heavy (non-hydrogen) atoms. The van der Waals surface area contributed by atoms with Gasteiger partial charge in [-0.25, -0.2) is 4.79 Å². The molecule has 1 rings (SSSR count). The minimum atomic E-state index is -0.438. The summed E-state index contributed by atoms with van der Waals surface area (Å²) in [6.45, 7) is 0.992. The fourth-order valence-corrected chi connectivity index (χ4v) is 0.942. The third kappa shape index (κ3) is 1.32. The maximum atomic E-state index is 10.4. The second-order valence-electron chi connectivity index (χ2n) is 2.23. The molecule has 1 heterocycles. The summed E-state index contributed by atoms with van der Waals surface area (Å²) in [5.74, 6) is 0. The SMILES string of the molecule is NC(=O)N1CCC(O)C1. The van der Waals surface area contributed by atoms with Crippen LogP contribution < -0.4 is 5.73 Å². The van der Waals surface area contributed by atoms with Crippen LogP contribution in [0.3, 0.4) is 0 Å². The first kappa shape index (κ1) is 6.35. The number of nitrogens with two attached hydrogens (primary N) is 1. The highest BCUT2D eigenvalue weighted by molar-refractivity contribution is 5.72. The molecule has 1 saturated heterocycles. The zero-order valence-electron chi connectivity index (χ0n) is 5.08. The Bertz CT molecular complexity index is 126. The fraction of sp³-hybridized carbons (Fsp3) is 0.800. The van der Waals surface area contributed by atoms with Crippen molar-refractivity contribution in [2.75, 3.05) is 13.1 Å². The van der Waals surface area contributed by atoms with Gasteiger partial charge in [0, 0.05) is 13.1 Å². The molecule has 0 saturated carbocycles. The number of aliphatic hydroxyl groups is 1. The summed E-state index contributed by atoms with van der Waals surface area (Å²) < 4.78 is 0. The number of nitrogens with zero attached hydrogens (tertiary/aromatic N) is 1. The molecule has 0 aliphatic carbocycles. The molecule has 0 bridgehead atoms. The maximum Gasteiger partial charge on any atom is 0.314 e. The quantitative estimate of drug-likeness (QED) is 0.447. The van der Waals surface area contributed by atoms with Crippen LogP contribution in [0.4, 0.5) is 4.79 Å². The second kappa shape index (κ2) is 2.23. The number of aliphatic hydroxyl groups excluding tert-OH is 1. The van der Waals surface area contributed by atoms with Crippen molar-refractivity contribution in [1.82, 2.24) is 4.90 Å². The summed E-state index contributed by atoms with van der Waals surface area (Å²) in [4.78, 5) is 11.8. The van der Waals surface area contributed by atoms with Crippen molar-refractivity contribution in [1.29, 1.82) is 0 Å². The van der Waals surface area contributed by atoms with Crippen molar-refractivity contribution in [3.8, 4) is 0 Å². The zero-order chi connectivity index (χ0) is 6.85. The molecule has 0 aromatic heterocycles. The standard InChI is InChI=1S/C5H10N2O2/c6-5(9)7-2-1-4(8)3-7/h4,8H,1-3H2,(H2,6,9). The Morgan fingerprint density at radius 2 is 2.44 bits per heavy atom. The van der Waals surface area contributed by atoms with Gasteiger partial charge in [-0.05, 0) is 6.42 Å². The number of β-amino-alcohol motifs (C(OH)–C–C–N with tert-alkyl or cyclic N) is 1. The van der Waals surface area contributed by atoms with Crippen molar-refractivity contribution in [3.05, 3.63) is 0 Å². The van der Waals surface area contributed by atoms with Gasteiger partial charge in [0.2, 0.25) is 0 Å². The number of hydrogen-bond acceptors (Lipinski definition) is 2. The van der Waals surface area contributed by atoms with Crippen LogP contribution in [0.15, 0.2) is 0 Å². The molecule has 52 valence electrons. The molecule has 1 fully saturated rings. The molecule has 3 N–H and O–H groups in total. The topological polar surface area (TPSA) is 66.6 Å². The van der Waals surface area contributed by atoms with E-state index in [0.29, 0.717) is 19.5 Å². The highest BCUT2D eigenvalue weighted by atomic mass is 16.3. The largest absolute Gasteiger partial charge is 0.391 e. The Hall–Kier alpha value is -0.770. The molecule has 0 aromatic rings. The summed E-state index contributed by atoms with van der Waals surface area (Å²) >= 11 is 0. The number of primary amides is 1. The van der Waals surface area contributed by atoms with E-state index >= 15 is 0 Å². The number of urea groups is 1. The molecule has 4 nitrogen and oxygen atoms in total. The summed E-state index contributed by atoms with van der Waals surface area (Å²) in [6.07, 6.45) is 0.292. The number of hydrogen-bond donors (Lipinski definition) is 2. The maximum absolute atomic E-state index is 10.4. The van der Waals surface area contributed by atoms with E-state index in [-0.39, 0.29) is 6.10 Å². The number of amides is 2. The molecule has 4 heteroatoms. The predicted octanol–water partition coefficient (Wildman–Crippen LogP) is -0.868. The van der Waals surface area contributed by atoms with Crippen molar-refractivity contribution >= 4 is 6.03 Å². The summed E-state index contributed by atoms with van der Waals surface area (Å²) in [6, 6.07) is -0.438. The van der Waals surface area contributed by atoms with Crippen LogP contribution in [0.5, 0.6) is 0 Å². The Morgan fingerprint density at radius 3 is 2.67 bits per heavy atom. The average molecular weight is 130 g/mol. The van der Waals surface area contributed by atoms with E-state index in [0.717, 1.165) is 0 Å². The minimum Gasteiger partial charge on any atom is -0.391 e. The summed E-state index contributed by atoms with van der Waals surface area (Å²) in [7, 11) is 0. The van der Waals surface area contributed by atoms with Gasteiger partial charge in [0.15, 0.2) is 0 Å². The van der Waals surface area contributed by atoms with E-state index in [1.165, 1.54) is 4.90 Å². The number of likely N-dealkylation sites (tertiary alicyclic amines) is 1. The van der Waals surface area contributed by atoms with E-state index < -0.39 is 6.03 Å². The van der Waals surface area contributed by atoms with Crippen LogP contribution >= 0.6 is 0 Å². The molecular weight excluding hydrogens is 120 g/mol. The Morgan fingerprint density at radius 1 is 1.78 bits per heavy atom. The molecule has 1 aliphatic rings. The van der Waals surface area contributed by atoms with Gasteiger partial charge in [0.1, 0.15) is 0 Å². The first-order valence-electron chi connectivity index (χ1n) is 2.92. The molecular formula is C5H10N2O2. The number of carbonyl (C=O) groups excluding carboxylic acids is 1. The highest BCUT2D eigenvalue weighted by Gasteiger charge is 2.21. The Balaban J connectivity index is 2.39. The van der Waals surface area contributed by atoms with E-state index in [1.807, 2.05) is 0 Å². The van der Waals surface area contributed by atoms with E-state index in [4.69, 9.17) is 10.8 Å². The first-order chi connectivity index (χ1) is 4.20. The first-order valence-corrected chi connectivity index (χ1v) is 2.92. The third-order valence-corrected chi connectivity index (χ3v) is 1.48. The number of rotatable bonds is 0. The fourth-order valence-electron chi connectivity index (χ4n) is 0.942. The second-order valence-corrected chi connectivity index (χ2v) is 2.23. The lowest BCUT2D eigenvalue weighted by atomic mass is 10.3. The monoisotopic (exact) mass is 130 g/mol. The van der Waals surface area contributed by atoms with Crippen LogP contribution in [0.25, 0.3) is 0 Å². The van der Waals surface area contributed by atoms with E-state index in [2.05, 4.69) is 0 Å². The number of carbonyl (C=O) groups is 1. The van der Waals surface area contributed by atoms with Gasteiger partial charge >= 0.3 is 6.03 Å². The van der Waals surface area contributed by atoms with Crippen LogP contribution in [-0.2, 0) is 0 Å². The molecule has 0 spiro atoms. The summed E-state index contributed by atoms with van der Waals surface area (Å²) in [5.41, 5.74) is 4.94. The zero-order valence-corrected chi connectivity index (χ0v) is 5.08. The van der Waals surface area contributed by atoms with Gasteiger partial charge in [0.05, 0.1) is 6.10 Å². The third-order valence-electron chi connectivity index (χ3n) is 1.48. The molecule has 1 unspecified atom stereocenters. The molecule has 1 aliphatic heterocycles. The molecule has 1 atom stereocenters. The predicted molar refractivity (Wildman–Crippen MR) is 31.8 cm³/mol. The molecule has 2 amide bonds. The average Bonchev–Trinajstić information content (AvgIpc) is 2.14. The highest BCUT2D eigenvalue weighted by Crippen LogP contribution is 2.06. The van der Waals surface area contributed by atoms with Crippen molar-refractivity contribution in [2.45, 2.75) is 12.5 Å². The van der Waals surface area contributed by atoms with Crippen molar-refractivity contribution in [2.24, 2.45) is 5.73 Å². The van der Waals surface area contributed by atoms with Gasteiger partial charge in [-0.2, -0.15) is 0 Å². The lowest BCUT2D eigenvalue weighted by Crippen LogP contribution is -2.34. The Kier molecular flexibility index (Phi) is 1.57. The van der Waals surface area contributed by atoms with E-state index in [1.54, 1.807) is 0 Å². The summed E-state index contributed by atoms with van der Waals surface area (Å²) in [5, 5.41) is 8.90. The minimum absolute atomic E-state index is 0.363. The van der Waals surface area contributed by atoms with Crippen LogP contribution in [0, 0.1) is 0 Å². The smallest absolute Gasteiger partial charge is 0.314 e. The van der Waals surface area contributed by atoms with Crippen LogP contribution in [-0.4, -0.2) is 35.2 Å². The van der Waals surface area contributed by atoms with Gasteiger partial charge in [0.25, 0.3) is 0 Å². The lowest BCUT2D eigenvalue weighted by molar-refractivity contribution is 0.175.